The van der Waals surface area contributed by atoms with Crippen LogP contribution in [0.25, 0.3) is 11.4 Å². The number of guanidine groups is 1. The first kappa shape index (κ1) is 22.3. The molecule has 3 rings (SSSR count). The minimum Gasteiger partial charge on any atom is -0.497 e. The molecule has 0 fully saturated rings. The lowest BCUT2D eigenvalue weighted by molar-refractivity contribution is 0.145. The molecule has 1 aromatic heterocycles. The monoisotopic (exact) mass is 422 g/mol. The van der Waals surface area contributed by atoms with Crippen molar-refractivity contribution in [3.05, 3.63) is 66.0 Å². The van der Waals surface area contributed by atoms with Crippen molar-refractivity contribution in [2.45, 2.75) is 26.4 Å². The van der Waals surface area contributed by atoms with E-state index in [4.69, 9.17) is 14.5 Å². The predicted octanol–water partition coefficient (Wildman–Crippen LogP) is 3.14. The van der Waals surface area contributed by atoms with Crippen molar-refractivity contribution in [2.24, 2.45) is 4.99 Å². The van der Waals surface area contributed by atoms with E-state index in [1.807, 2.05) is 43.3 Å². The van der Waals surface area contributed by atoms with Gasteiger partial charge in [0, 0.05) is 31.9 Å². The third-order valence-electron chi connectivity index (χ3n) is 4.62. The summed E-state index contributed by atoms with van der Waals surface area (Å²) in [6.45, 7) is 5.47. The highest BCUT2D eigenvalue weighted by Gasteiger charge is 2.04. The van der Waals surface area contributed by atoms with Gasteiger partial charge in [-0.2, -0.15) is 5.10 Å². The number of rotatable bonds is 11. The standard InChI is InChI=1S/C23H30N6O2/c1-3-31-13-5-12-24-23(25-15-18-8-10-21(30-2)11-9-18)26-16-19-6-4-7-20(14-19)22-27-17-28-29-22/h4,6-11,14,17H,3,5,12-13,15-16H2,1-2H3,(H2,24,25,26)(H,27,28,29). The third-order valence-corrected chi connectivity index (χ3v) is 4.62. The third kappa shape index (κ3) is 7.42. The molecule has 0 saturated carbocycles. The van der Waals surface area contributed by atoms with E-state index in [1.54, 1.807) is 7.11 Å². The van der Waals surface area contributed by atoms with Crippen LogP contribution in [0, 0.1) is 0 Å². The van der Waals surface area contributed by atoms with Crippen molar-refractivity contribution in [3.63, 3.8) is 0 Å². The molecule has 8 heteroatoms. The van der Waals surface area contributed by atoms with Gasteiger partial charge in [0.2, 0.25) is 0 Å². The maximum absolute atomic E-state index is 5.42. The zero-order chi connectivity index (χ0) is 21.7. The summed E-state index contributed by atoms with van der Waals surface area (Å²) in [5.41, 5.74) is 3.23. The van der Waals surface area contributed by atoms with Crippen molar-refractivity contribution in [3.8, 4) is 17.1 Å². The van der Waals surface area contributed by atoms with Crippen molar-refractivity contribution < 1.29 is 9.47 Å². The molecule has 0 aliphatic heterocycles. The number of hydrogen-bond acceptors (Lipinski definition) is 5. The van der Waals surface area contributed by atoms with E-state index >= 15 is 0 Å². The molecule has 0 saturated heterocycles. The summed E-state index contributed by atoms with van der Waals surface area (Å²) in [5.74, 6) is 2.36. The first-order valence-corrected chi connectivity index (χ1v) is 10.5. The zero-order valence-corrected chi connectivity index (χ0v) is 18.1. The van der Waals surface area contributed by atoms with Crippen LogP contribution in [0.5, 0.6) is 5.75 Å². The second kappa shape index (κ2) is 12.3. The van der Waals surface area contributed by atoms with Gasteiger partial charge >= 0.3 is 0 Å². The molecular formula is C23H30N6O2. The van der Waals surface area contributed by atoms with Crippen LogP contribution in [0.4, 0.5) is 0 Å². The SMILES string of the molecule is CCOCCCNC(=NCc1cccc(-c2ncn[nH]2)c1)NCc1ccc(OC)cc1. The molecule has 3 N–H and O–H groups in total. The summed E-state index contributed by atoms with van der Waals surface area (Å²) < 4.78 is 10.6. The maximum Gasteiger partial charge on any atom is 0.191 e. The van der Waals surface area contributed by atoms with Crippen LogP contribution < -0.4 is 15.4 Å². The minimum atomic E-state index is 0.547. The van der Waals surface area contributed by atoms with E-state index in [2.05, 4.69) is 37.9 Å². The number of aromatic amines is 1. The van der Waals surface area contributed by atoms with Crippen LogP contribution in [-0.2, 0) is 17.8 Å². The van der Waals surface area contributed by atoms with Crippen LogP contribution in [0.15, 0.2) is 59.9 Å². The molecule has 0 atom stereocenters. The number of ether oxygens (including phenoxy) is 2. The second-order valence-corrected chi connectivity index (χ2v) is 6.88. The number of hydrogen-bond donors (Lipinski definition) is 3. The number of methoxy groups -OCH3 is 1. The molecule has 164 valence electrons. The highest BCUT2D eigenvalue weighted by molar-refractivity contribution is 5.79. The van der Waals surface area contributed by atoms with Crippen LogP contribution in [0.1, 0.15) is 24.5 Å². The number of benzene rings is 2. The lowest BCUT2D eigenvalue weighted by Gasteiger charge is -2.13. The van der Waals surface area contributed by atoms with E-state index in [0.29, 0.717) is 13.1 Å². The molecule has 2 aromatic carbocycles. The van der Waals surface area contributed by atoms with Gasteiger partial charge in [-0.25, -0.2) is 9.98 Å². The highest BCUT2D eigenvalue weighted by Crippen LogP contribution is 2.16. The number of nitrogens with one attached hydrogen (secondary N) is 3. The first-order valence-electron chi connectivity index (χ1n) is 10.5. The van der Waals surface area contributed by atoms with Crippen molar-refractivity contribution in [1.82, 2.24) is 25.8 Å². The van der Waals surface area contributed by atoms with Gasteiger partial charge in [0.1, 0.15) is 12.1 Å². The van der Waals surface area contributed by atoms with Gasteiger partial charge in [0.05, 0.1) is 13.7 Å². The number of aromatic nitrogens is 3. The summed E-state index contributed by atoms with van der Waals surface area (Å²) in [5, 5.41) is 13.6. The fourth-order valence-electron chi connectivity index (χ4n) is 2.96. The number of H-pyrrole nitrogens is 1. The number of aliphatic imine (C=N–C) groups is 1. The summed E-state index contributed by atoms with van der Waals surface area (Å²) >= 11 is 0. The molecule has 0 bridgehead atoms. The fourth-order valence-corrected chi connectivity index (χ4v) is 2.96. The topological polar surface area (TPSA) is 96.5 Å². The summed E-state index contributed by atoms with van der Waals surface area (Å²) in [6.07, 6.45) is 2.42. The Bertz CT molecular complexity index is 926. The lowest BCUT2D eigenvalue weighted by atomic mass is 10.1. The Labute approximate surface area is 183 Å². The molecule has 0 aliphatic carbocycles. The molecule has 0 amide bonds. The average molecular weight is 423 g/mol. The van der Waals surface area contributed by atoms with Crippen molar-refractivity contribution in [2.75, 3.05) is 26.9 Å². The maximum atomic E-state index is 5.42. The fraction of sp³-hybridized carbons (Fsp3) is 0.348. The van der Waals surface area contributed by atoms with E-state index in [9.17, 15) is 0 Å². The molecule has 3 aromatic rings. The summed E-state index contributed by atoms with van der Waals surface area (Å²) in [7, 11) is 1.67. The van der Waals surface area contributed by atoms with Crippen LogP contribution in [0.3, 0.4) is 0 Å². The van der Waals surface area contributed by atoms with Gasteiger partial charge in [-0.05, 0) is 42.7 Å². The normalized spacial score (nSPS) is 11.4. The van der Waals surface area contributed by atoms with Gasteiger partial charge in [-0.3, -0.25) is 5.10 Å². The van der Waals surface area contributed by atoms with Gasteiger partial charge in [0.25, 0.3) is 0 Å². The minimum absolute atomic E-state index is 0.547. The molecule has 0 aliphatic rings. The molecule has 0 spiro atoms. The smallest absolute Gasteiger partial charge is 0.191 e. The predicted molar refractivity (Wildman–Crippen MR) is 122 cm³/mol. The van der Waals surface area contributed by atoms with Gasteiger partial charge in [0.15, 0.2) is 11.8 Å². The largest absolute Gasteiger partial charge is 0.497 e. The lowest BCUT2D eigenvalue weighted by Crippen LogP contribution is -2.37. The Morgan fingerprint density at radius 3 is 2.71 bits per heavy atom. The first-order chi connectivity index (χ1) is 15.3. The van der Waals surface area contributed by atoms with Crippen molar-refractivity contribution in [1.29, 1.82) is 0 Å². The molecule has 0 radical (unpaired) electrons. The van der Waals surface area contributed by atoms with Crippen LogP contribution >= 0.6 is 0 Å². The Morgan fingerprint density at radius 1 is 1.10 bits per heavy atom. The van der Waals surface area contributed by atoms with Gasteiger partial charge in [-0.1, -0.05) is 30.3 Å². The summed E-state index contributed by atoms with van der Waals surface area (Å²) in [6, 6.07) is 16.1. The molecule has 1 heterocycles. The van der Waals surface area contributed by atoms with E-state index in [-0.39, 0.29) is 0 Å². The van der Waals surface area contributed by atoms with Crippen LogP contribution in [0.2, 0.25) is 0 Å². The van der Waals surface area contributed by atoms with E-state index < -0.39 is 0 Å². The van der Waals surface area contributed by atoms with Gasteiger partial charge < -0.3 is 20.1 Å². The van der Waals surface area contributed by atoms with Crippen LogP contribution in [-0.4, -0.2) is 48.0 Å². The molecule has 31 heavy (non-hydrogen) atoms. The average Bonchev–Trinajstić information content (AvgIpc) is 3.36. The van der Waals surface area contributed by atoms with E-state index in [1.165, 1.54) is 6.33 Å². The molecular weight excluding hydrogens is 392 g/mol. The van der Waals surface area contributed by atoms with Crippen molar-refractivity contribution >= 4 is 5.96 Å². The molecule has 8 nitrogen and oxygen atoms in total. The quantitative estimate of drug-likeness (QED) is 0.250. The Kier molecular flexibility index (Phi) is 8.88. The zero-order valence-electron chi connectivity index (χ0n) is 18.1. The highest BCUT2D eigenvalue weighted by atomic mass is 16.5. The second-order valence-electron chi connectivity index (χ2n) is 6.88. The van der Waals surface area contributed by atoms with E-state index in [0.717, 1.165) is 60.4 Å². The van der Waals surface area contributed by atoms with Gasteiger partial charge in [-0.15, -0.1) is 0 Å². The Balaban J connectivity index is 1.62. The Hall–Kier alpha value is -3.39. The number of nitrogens with zero attached hydrogens (tertiary/aromatic N) is 3. The molecule has 0 unspecified atom stereocenters. The summed E-state index contributed by atoms with van der Waals surface area (Å²) in [4.78, 5) is 8.98. The Morgan fingerprint density at radius 2 is 1.97 bits per heavy atom.